The van der Waals surface area contributed by atoms with Gasteiger partial charge in [-0.1, -0.05) is 45.4 Å². The van der Waals surface area contributed by atoms with Crippen molar-refractivity contribution in [2.45, 2.75) is 70.8 Å². The average Bonchev–Trinajstić information content (AvgIpc) is 2.26. The van der Waals surface area contributed by atoms with Gasteiger partial charge in [-0.2, -0.15) is 0 Å². The summed E-state index contributed by atoms with van der Waals surface area (Å²) in [6.07, 6.45) is 11.8. The van der Waals surface area contributed by atoms with Gasteiger partial charge in [-0.05, 0) is 38.8 Å². The van der Waals surface area contributed by atoms with Gasteiger partial charge in [0.1, 0.15) is 0 Å². The third-order valence-electron chi connectivity index (χ3n) is 3.92. The third kappa shape index (κ3) is 7.05. The molecule has 0 aliphatic heterocycles. The van der Waals surface area contributed by atoms with Crippen LogP contribution in [0, 0.1) is 5.92 Å². The Kier molecular flexibility index (Phi) is 7.87. The summed E-state index contributed by atoms with van der Waals surface area (Å²) in [6.45, 7) is 4.69. The molecule has 0 heterocycles. The Bertz CT molecular complexity index is 178. The largest absolute Gasteiger partial charge is 0.393 e. The second-order valence-corrected chi connectivity index (χ2v) is 5.87. The Balaban J connectivity index is 1.82. The van der Waals surface area contributed by atoms with Crippen LogP contribution in [-0.2, 0) is 0 Å². The van der Waals surface area contributed by atoms with Crippen molar-refractivity contribution in [3.63, 3.8) is 0 Å². The van der Waals surface area contributed by atoms with Crippen LogP contribution in [0.4, 0.5) is 0 Å². The molecule has 0 atom stereocenters. The van der Waals surface area contributed by atoms with E-state index < -0.39 is 0 Å². The minimum absolute atomic E-state index is 0.00645. The molecule has 102 valence electrons. The van der Waals surface area contributed by atoms with Crippen molar-refractivity contribution in [2.75, 3.05) is 20.1 Å². The molecule has 0 bridgehead atoms. The SMILES string of the molecule is CCCCCCCCCN(C)CC1CC(O)C1. The molecule has 1 aliphatic carbocycles. The van der Waals surface area contributed by atoms with Gasteiger partial charge in [-0.3, -0.25) is 0 Å². The number of rotatable bonds is 10. The van der Waals surface area contributed by atoms with Crippen LogP contribution in [0.2, 0.25) is 0 Å². The van der Waals surface area contributed by atoms with Crippen molar-refractivity contribution in [1.29, 1.82) is 0 Å². The minimum atomic E-state index is 0.00645. The van der Waals surface area contributed by atoms with Crippen LogP contribution in [-0.4, -0.2) is 36.2 Å². The van der Waals surface area contributed by atoms with Crippen molar-refractivity contribution in [3.05, 3.63) is 0 Å². The van der Waals surface area contributed by atoms with Gasteiger partial charge in [0.2, 0.25) is 0 Å². The van der Waals surface area contributed by atoms with Crippen LogP contribution in [0.15, 0.2) is 0 Å². The Morgan fingerprint density at radius 2 is 1.59 bits per heavy atom. The fraction of sp³-hybridized carbons (Fsp3) is 1.00. The molecule has 0 unspecified atom stereocenters. The Hall–Kier alpha value is -0.0800. The molecule has 2 nitrogen and oxygen atoms in total. The van der Waals surface area contributed by atoms with Gasteiger partial charge in [0.25, 0.3) is 0 Å². The van der Waals surface area contributed by atoms with Gasteiger partial charge in [-0.25, -0.2) is 0 Å². The second-order valence-electron chi connectivity index (χ2n) is 5.87. The summed E-state index contributed by atoms with van der Waals surface area (Å²) in [7, 11) is 2.22. The smallest absolute Gasteiger partial charge is 0.0546 e. The molecule has 17 heavy (non-hydrogen) atoms. The summed E-state index contributed by atoms with van der Waals surface area (Å²) in [5.41, 5.74) is 0. The second kappa shape index (κ2) is 8.93. The molecule has 0 spiro atoms. The molecule has 1 N–H and O–H groups in total. The summed E-state index contributed by atoms with van der Waals surface area (Å²) in [5.74, 6) is 0.763. The van der Waals surface area contributed by atoms with Crippen molar-refractivity contribution >= 4 is 0 Å². The van der Waals surface area contributed by atoms with Gasteiger partial charge in [0.15, 0.2) is 0 Å². The zero-order chi connectivity index (χ0) is 12.5. The van der Waals surface area contributed by atoms with E-state index in [2.05, 4.69) is 18.9 Å². The van der Waals surface area contributed by atoms with Gasteiger partial charge < -0.3 is 10.0 Å². The number of aliphatic hydroxyl groups is 1. The van der Waals surface area contributed by atoms with E-state index in [0.717, 1.165) is 18.8 Å². The van der Waals surface area contributed by atoms with Gasteiger partial charge >= 0.3 is 0 Å². The third-order valence-corrected chi connectivity index (χ3v) is 3.92. The maximum absolute atomic E-state index is 9.23. The van der Waals surface area contributed by atoms with E-state index in [0.29, 0.717) is 0 Å². The van der Waals surface area contributed by atoms with Crippen LogP contribution in [0.1, 0.15) is 64.7 Å². The summed E-state index contributed by atoms with van der Waals surface area (Å²) >= 11 is 0. The van der Waals surface area contributed by atoms with Gasteiger partial charge in [-0.15, -0.1) is 0 Å². The van der Waals surface area contributed by atoms with Crippen LogP contribution in [0.3, 0.4) is 0 Å². The van der Waals surface area contributed by atoms with E-state index in [9.17, 15) is 5.11 Å². The molecule has 0 aromatic carbocycles. The molecule has 1 aliphatic rings. The average molecular weight is 241 g/mol. The lowest BCUT2D eigenvalue weighted by atomic mass is 9.82. The first-order valence-corrected chi connectivity index (χ1v) is 7.59. The van der Waals surface area contributed by atoms with E-state index in [1.807, 2.05) is 0 Å². The van der Waals surface area contributed by atoms with Gasteiger partial charge in [0.05, 0.1) is 6.10 Å². The predicted octanol–water partition coefficient (Wildman–Crippen LogP) is 3.44. The predicted molar refractivity (Wildman–Crippen MR) is 74.2 cm³/mol. The van der Waals surface area contributed by atoms with Crippen molar-refractivity contribution in [3.8, 4) is 0 Å². The molecule has 0 radical (unpaired) electrons. The lowest BCUT2D eigenvalue weighted by Gasteiger charge is -2.34. The van der Waals surface area contributed by atoms with Crippen LogP contribution in [0.5, 0.6) is 0 Å². The van der Waals surface area contributed by atoms with E-state index in [4.69, 9.17) is 0 Å². The van der Waals surface area contributed by atoms with Crippen molar-refractivity contribution < 1.29 is 5.11 Å². The Labute approximate surface area is 107 Å². The number of aliphatic hydroxyl groups excluding tert-OH is 1. The fourth-order valence-corrected chi connectivity index (χ4v) is 2.72. The molecule has 1 rings (SSSR count). The first-order chi connectivity index (χ1) is 8.22. The normalized spacial score (nSPS) is 24.0. The first-order valence-electron chi connectivity index (χ1n) is 7.59. The zero-order valence-corrected chi connectivity index (χ0v) is 11.8. The Morgan fingerprint density at radius 3 is 2.18 bits per heavy atom. The van der Waals surface area contributed by atoms with Crippen molar-refractivity contribution in [1.82, 2.24) is 4.90 Å². The summed E-state index contributed by atoms with van der Waals surface area (Å²) in [5, 5.41) is 9.23. The maximum atomic E-state index is 9.23. The number of unbranched alkanes of at least 4 members (excludes halogenated alkanes) is 6. The highest BCUT2D eigenvalue weighted by Crippen LogP contribution is 2.27. The first kappa shape index (κ1) is 15.0. The molecule has 1 fully saturated rings. The highest BCUT2D eigenvalue weighted by Gasteiger charge is 2.27. The van der Waals surface area contributed by atoms with E-state index in [1.54, 1.807) is 0 Å². The van der Waals surface area contributed by atoms with E-state index >= 15 is 0 Å². The topological polar surface area (TPSA) is 23.5 Å². The number of hydrogen-bond acceptors (Lipinski definition) is 2. The summed E-state index contributed by atoms with van der Waals surface area (Å²) < 4.78 is 0. The lowest BCUT2D eigenvalue weighted by molar-refractivity contribution is 0.0282. The molecule has 1 saturated carbocycles. The van der Waals surface area contributed by atoms with E-state index in [-0.39, 0.29) is 6.10 Å². The maximum Gasteiger partial charge on any atom is 0.0546 e. The van der Waals surface area contributed by atoms with Gasteiger partial charge in [0, 0.05) is 6.54 Å². The molecule has 0 saturated heterocycles. The quantitative estimate of drug-likeness (QED) is 0.592. The highest BCUT2D eigenvalue weighted by atomic mass is 16.3. The monoisotopic (exact) mass is 241 g/mol. The molecular formula is C15H31NO. The Morgan fingerprint density at radius 1 is 1.00 bits per heavy atom. The molecule has 0 aromatic rings. The van der Waals surface area contributed by atoms with Crippen LogP contribution >= 0.6 is 0 Å². The highest BCUT2D eigenvalue weighted by molar-refractivity contribution is 4.80. The lowest BCUT2D eigenvalue weighted by Crippen LogP contribution is -2.37. The minimum Gasteiger partial charge on any atom is -0.393 e. The number of nitrogens with zero attached hydrogens (tertiary/aromatic N) is 1. The van der Waals surface area contributed by atoms with Crippen molar-refractivity contribution in [2.24, 2.45) is 5.92 Å². The van der Waals surface area contributed by atoms with Crippen LogP contribution in [0.25, 0.3) is 0 Å². The summed E-state index contributed by atoms with van der Waals surface area (Å²) in [6, 6.07) is 0. The molecule has 0 amide bonds. The molecule has 0 aromatic heterocycles. The standard InChI is InChI=1S/C15H31NO/c1-3-4-5-6-7-8-9-10-16(2)13-14-11-15(17)12-14/h14-15,17H,3-13H2,1-2H3. The zero-order valence-electron chi connectivity index (χ0n) is 11.8. The fourth-order valence-electron chi connectivity index (χ4n) is 2.72. The molecular weight excluding hydrogens is 210 g/mol. The number of hydrogen-bond donors (Lipinski definition) is 1. The van der Waals surface area contributed by atoms with E-state index in [1.165, 1.54) is 58.0 Å². The molecule has 2 heteroatoms. The summed E-state index contributed by atoms with van der Waals surface area (Å²) in [4.78, 5) is 2.45. The van der Waals surface area contributed by atoms with Crippen LogP contribution < -0.4 is 0 Å².